The van der Waals surface area contributed by atoms with Crippen LogP contribution in [-0.4, -0.2) is 40.3 Å². The van der Waals surface area contributed by atoms with E-state index in [9.17, 15) is 4.79 Å². The molecule has 2 aliphatic rings. The number of amides is 1. The van der Waals surface area contributed by atoms with E-state index in [1.165, 1.54) is 11.1 Å². The van der Waals surface area contributed by atoms with E-state index in [0.717, 1.165) is 12.8 Å². The average molecular weight is 325 g/mol. The number of aryl methyl sites for hydroxylation is 1. The third kappa shape index (κ3) is 2.44. The molecule has 4 rings (SSSR count). The second-order valence-electron chi connectivity index (χ2n) is 7.03. The van der Waals surface area contributed by atoms with Crippen LogP contribution in [0.2, 0.25) is 0 Å². The van der Waals surface area contributed by atoms with Crippen molar-refractivity contribution < 1.29 is 9.53 Å². The number of morpholine rings is 1. The number of nitrogens with zero attached hydrogens (tertiary/aromatic N) is 3. The van der Waals surface area contributed by atoms with Gasteiger partial charge in [0.2, 0.25) is 0 Å². The lowest BCUT2D eigenvalue weighted by molar-refractivity contribution is -0.103. The molecule has 1 aliphatic heterocycles. The first-order valence-corrected chi connectivity index (χ1v) is 8.65. The Hall–Kier alpha value is -2.14. The van der Waals surface area contributed by atoms with Crippen molar-refractivity contribution in [3.63, 3.8) is 0 Å². The van der Waals surface area contributed by atoms with Crippen molar-refractivity contribution in [2.75, 3.05) is 19.7 Å². The minimum absolute atomic E-state index is 0.0500. The van der Waals surface area contributed by atoms with Gasteiger partial charge in [0.15, 0.2) is 0 Å². The summed E-state index contributed by atoms with van der Waals surface area (Å²) in [5, 5.41) is 4.29. The van der Waals surface area contributed by atoms with Gasteiger partial charge in [-0.05, 0) is 37.8 Å². The Balaban J connectivity index is 1.58. The summed E-state index contributed by atoms with van der Waals surface area (Å²) in [6.07, 6.45) is 5.48. The summed E-state index contributed by atoms with van der Waals surface area (Å²) >= 11 is 0. The molecule has 0 bridgehead atoms. The van der Waals surface area contributed by atoms with Crippen molar-refractivity contribution in [2.24, 2.45) is 0 Å². The van der Waals surface area contributed by atoms with E-state index in [1.807, 2.05) is 15.8 Å². The summed E-state index contributed by atoms with van der Waals surface area (Å²) in [7, 11) is 0. The first-order valence-electron chi connectivity index (χ1n) is 8.65. The molecule has 0 saturated carbocycles. The van der Waals surface area contributed by atoms with Crippen molar-refractivity contribution in [1.29, 1.82) is 0 Å². The normalized spacial score (nSPS) is 23.0. The van der Waals surface area contributed by atoms with Crippen LogP contribution < -0.4 is 0 Å². The van der Waals surface area contributed by atoms with Crippen molar-refractivity contribution in [2.45, 2.75) is 38.3 Å². The van der Waals surface area contributed by atoms with Gasteiger partial charge in [-0.15, -0.1) is 0 Å². The predicted molar refractivity (Wildman–Crippen MR) is 90.9 cm³/mol. The van der Waals surface area contributed by atoms with E-state index in [-0.39, 0.29) is 17.6 Å². The minimum atomic E-state index is -0.335. The maximum Gasteiger partial charge on any atom is 0.257 e. The van der Waals surface area contributed by atoms with Gasteiger partial charge in [-0.25, -0.2) is 0 Å². The molecule has 1 saturated heterocycles. The van der Waals surface area contributed by atoms with Crippen molar-refractivity contribution in [1.82, 2.24) is 14.7 Å². The fourth-order valence-corrected chi connectivity index (χ4v) is 3.84. The van der Waals surface area contributed by atoms with Gasteiger partial charge >= 0.3 is 0 Å². The van der Waals surface area contributed by atoms with Crippen LogP contribution in [0.5, 0.6) is 0 Å². The molecule has 0 unspecified atom stereocenters. The molecule has 24 heavy (non-hydrogen) atoms. The lowest BCUT2D eigenvalue weighted by Gasteiger charge is -2.41. The lowest BCUT2D eigenvalue weighted by Crippen LogP contribution is -2.51. The highest BCUT2D eigenvalue weighted by Crippen LogP contribution is 2.42. The van der Waals surface area contributed by atoms with Crippen LogP contribution in [-0.2, 0) is 16.8 Å². The molecule has 0 radical (unpaired) electrons. The van der Waals surface area contributed by atoms with E-state index in [1.54, 1.807) is 6.20 Å². The Morgan fingerprint density at radius 1 is 1.33 bits per heavy atom. The lowest BCUT2D eigenvalue weighted by atomic mass is 9.93. The fraction of sp³-hybridized carbons (Fsp3) is 0.474. The van der Waals surface area contributed by atoms with Crippen LogP contribution in [0.15, 0.2) is 36.7 Å². The van der Waals surface area contributed by atoms with Crippen LogP contribution >= 0.6 is 0 Å². The Kier molecular flexibility index (Phi) is 3.68. The fourth-order valence-electron chi connectivity index (χ4n) is 3.84. The molecule has 1 spiro atoms. The molecule has 1 aliphatic carbocycles. The number of hydrogen-bond acceptors (Lipinski definition) is 3. The van der Waals surface area contributed by atoms with Gasteiger partial charge in [-0.2, -0.15) is 5.10 Å². The zero-order valence-electron chi connectivity index (χ0n) is 14.2. The predicted octanol–water partition coefficient (Wildman–Crippen LogP) is 2.78. The van der Waals surface area contributed by atoms with Crippen molar-refractivity contribution in [3.8, 4) is 0 Å². The summed E-state index contributed by atoms with van der Waals surface area (Å²) in [6.45, 7) is 5.95. The van der Waals surface area contributed by atoms with E-state index in [2.05, 4.69) is 43.2 Å². The van der Waals surface area contributed by atoms with Gasteiger partial charge in [0.1, 0.15) is 5.60 Å². The maximum atomic E-state index is 12.9. The maximum absolute atomic E-state index is 12.9. The SMILES string of the molecule is CC(C)n1cc(C(=O)N2CCO[C@]3(CCc4ccccc43)C2)cn1. The van der Waals surface area contributed by atoms with Gasteiger partial charge in [0.25, 0.3) is 5.91 Å². The monoisotopic (exact) mass is 325 g/mol. The van der Waals surface area contributed by atoms with Crippen molar-refractivity contribution >= 4 is 5.91 Å². The number of benzene rings is 1. The summed E-state index contributed by atoms with van der Waals surface area (Å²) in [5.74, 6) is 0.0500. The van der Waals surface area contributed by atoms with Gasteiger partial charge in [0, 0.05) is 18.8 Å². The van der Waals surface area contributed by atoms with Gasteiger partial charge in [0.05, 0.1) is 24.9 Å². The van der Waals surface area contributed by atoms with Gasteiger partial charge < -0.3 is 9.64 Å². The molecule has 1 atom stereocenters. The summed E-state index contributed by atoms with van der Waals surface area (Å²) in [5.41, 5.74) is 2.92. The van der Waals surface area contributed by atoms with E-state index in [4.69, 9.17) is 4.74 Å². The highest BCUT2D eigenvalue weighted by atomic mass is 16.5. The van der Waals surface area contributed by atoms with Gasteiger partial charge in [-0.1, -0.05) is 24.3 Å². The molecule has 1 aromatic heterocycles. The number of ether oxygens (including phenoxy) is 1. The Morgan fingerprint density at radius 3 is 2.96 bits per heavy atom. The number of rotatable bonds is 2. The number of hydrogen-bond donors (Lipinski definition) is 0. The first-order chi connectivity index (χ1) is 11.6. The highest BCUT2D eigenvalue weighted by molar-refractivity contribution is 5.93. The summed E-state index contributed by atoms with van der Waals surface area (Å²) in [4.78, 5) is 14.8. The molecule has 5 nitrogen and oxygen atoms in total. The zero-order valence-corrected chi connectivity index (χ0v) is 14.2. The van der Waals surface area contributed by atoms with Crippen LogP contribution in [0.4, 0.5) is 0 Å². The second-order valence-corrected chi connectivity index (χ2v) is 7.03. The van der Waals surface area contributed by atoms with E-state index >= 15 is 0 Å². The molecule has 2 heterocycles. The average Bonchev–Trinajstić information content (AvgIpc) is 3.21. The standard InChI is InChI=1S/C19H23N3O2/c1-14(2)22-12-16(11-20-22)18(23)21-9-10-24-19(13-21)8-7-15-5-3-4-6-17(15)19/h3-6,11-12,14H,7-10,13H2,1-2H3/t19-/m1/s1. The van der Waals surface area contributed by atoms with Crippen molar-refractivity contribution in [3.05, 3.63) is 53.3 Å². The molecule has 1 fully saturated rings. The molecule has 126 valence electrons. The number of carbonyl (C=O) groups is 1. The zero-order chi connectivity index (χ0) is 16.7. The first kappa shape index (κ1) is 15.4. The smallest absolute Gasteiger partial charge is 0.257 e. The number of aromatic nitrogens is 2. The van der Waals surface area contributed by atoms with Crippen LogP contribution in [0, 0.1) is 0 Å². The van der Waals surface area contributed by atoms with Crippen LogP contribution in [0.3, 0.4) is 0 Å². The Bertz CT molecular complexity index is 763. The Morgan fingerprint density at radius 2 is 2.17 bits per heavy atom. The quantitative estimate of drug-likeness (QED) is 0.853. The van der Waals surface area contributed by atoms with Crippen LogP contribution in [0.1, 0.15) is 47.8 Å². The molecule has 0 N–H and O–H groups in total. The molecule has 5 heteroatoms. The van der Waals surface area contributed by atoms with E-state index < -0.39 is 0 Å². The number of carbonyl (C=O) groups excluding carboxylic acids is 1. The topological polar surface area (TPSA) is 47.4 Å². The summed E-state index contributed by atoms with van der Waals surface area (Å²) < 4.78 is 8.03. The van der Waals surface area contributed by atoms with Gasteiger partial charge in [-0.3, -0.25) is 9.48 Å². The summed E-state index contributed by atoms with van der Waals surface area (Å²) in [6, 6.07) is 8.70. The minimum Gasteiger partial charge on any atom is -0.367 e. The molecular formula is C19H23N3O2. The largest absolute Gasteiger partial charge is 0.367 e. The molecule has 2 aromatic rings. The number of fused-ring (bicyclic) bond motifs is 2. The third-order valence-electron chi connectivity index (χ3n) is 5.16. The van der Waals surface area contributed by atoms with Crippen LogP contribution in [0.25, 0.3) is 0 Å². The highest BCUT2D eigenvalue weighted by Gasteiger charge is 2.44. The molecule has 1 aromatic carbocycles. The Labute approximate surface area is 142 Å². The van der Waals surface area contributed by atoms with E-state index in [0.29, 0.717) is 25.3 Å². The second kappa shape index (κ2) is 5.74. The molecular weight excluding hydrogens is 302 g/mol. The molecule has 1 amide bonds. The third-order valence-corrected chi connectivity index (χ3v) is 5.16.